The molecule has 0 aliphatic heterocycles. The molecule has 0 spiro atoms. The zero-order valence-electron chi connectivity index (χ0n) is 15.5. The molecule has 144 valence electrons. The number of nitrogens with one attached hydrogen (secondary N) is 2. The predicted octanol–water partition coefficient (Wildman–Crippen LogP) is 5.04. The SMILES string of the molecule is O=C(CCNCc1ccccc1Cl)Nc1ccc(OCc2ccccc2)cc1. The van der Waals surface area contributed by atoms with Gasteiger partial charge in [-0.2, -0.15) is 0 Å². The number of carbonyl (C=O) groups excluding carboxylic acids is 1. The van der Waals surface area contributed by atoms with E-state index in [0.717, 1.165) is 27.6 Å². The first-order valence-corrected chi connectivity index (χ1v) is 9.59. The molecule has 0 atom stereocenters. The number of halogens is 1. The average Bonchev–Trinajstić information content (AvgIpc) is 2.73. The van der Waals surface area contributed by atoms with Crippen LogP contribution >= 0.6 is 11.6 Å². The first kappa shape index (κ1) is 19.9. The van der Waals surface area contributed by atoms with Gasteiger partial charge >= 0.3 is 0 Å². The summed E-state index contributed by atoms with van der Waals surface area (Å²) < 4.78 is 5.75. The molecule has 4 nitrogen and oxygen atoms in total. The van der Waals surface area contributed by atoms with Crippen molar-refractivity contribution < 1.29 is 9.53 Å². The lowest BCUT2D eigenvalue weighted by Gasteiger charge is -2.09. The Morgan fingerprint density at radius 2 is 1.61 bits per heavy atom. The van der Waals surface area contributed by atoms with Crippen molar-refractivity contribution in [2.45, 2.75) is 19.6 Å². The van der Waals surface area contributed by atoms with E-state index in [9.17, 15) is 4.79 Å². The van der Waals surface area contributed by atoms with Crippen molar-refractivity contribution in [1.29, 1.82) is 0 Å². The van der Waals surface area contributed by atoms with Crippen molar-refractivity contribution in [2.75, 3.05) is 11.9 Å². The summed E-state index contributed by atoms with van der Waals surface area (Å²) in [5.74, 6) is 0.730. The molecule has 0 fully saturated rings. The van der Waals surface area contributed by atoms with E-state index in [0.29, 0.717) is 26.1 Å². The second-order valence-corrected chi connectivity index (χ2v) is 6.77. The molecule has 0 heterocycles. The summed E-state index contributed by atoms with van der Waals surface area (Å²) in [6.07, 6.45) is 0.386. The molecule has 0 saturated heterocycles. The zero-order chi connectivity index (χ0) is 19.6. The van der Waals surface area contributed by atoms with E-state index in [-0.39, 0.29) is 5.91 Å². The Morgan fingerprint density at radius 1 is 0.893 bits per heavy atom. The monoisotopic (exact) mass is 394 g/mol. The van der Waals surface area contributed by atoms with Gasteiger partial charge in [-0.1, -0.05) is 60.1 Å². The molecular weight excluding hydrogens is 372 g/mol. The highest BCUT2D eigenvalue weighted by Gasteiger charge is 2.04. The number of benzene rings is 3. The zero-order valence-corrected chi connectivity index (χ0v) is 16.3. The fourth-order valence-corrected chi connectivity index (χ4v) is 2.87. The lowest BCUT2D eigenvalue weighted by atomic mass is 10.2. The lowest BCUT2D eigenvalue weighted by molar-refractivity contribution is -0.116. The summed E-state index contributed by atoms with van der Waals surface area (Å²) in [6, 6.07) is 25.1. The molecule has 1 amide bonds. The Balaban J connectivity index is 1.37. The average molecular weight is 395 g/mol. The van der Waals surface area contributed by atoms with Crippen molar-refractivity contribution >= 4 is 23.2 Å². The molecule has 5 heteroatoms. The quantitative estimate of drug-likeness (QED) is 0.500. The van der Waals surface area contributed by atoms with Gasteiger partial charge in [0.15, 0.2) is 0 Å². The third kappa shape index (κ3) is 6.41. The summed E-state index contributed by atoms with van der Waals surface area (Å²) in [7, 11) is 0. The highest BCUT2D eigenvalue weighted by molar-refractivity contribution is 6.31. The number of ether oxygens (including phenoxy) is 1. The molecule has 0 aliphatic rings. The molecule has 3 aromatic rings. The maximum Gasteiger partial charge on any atom is 0.225 e. The Kier molecular flexibility index (Phi) is 7.47. The maximum absolute atomic E-state index is 12.1. The van der Waals surface area contributed by atoms with E-state index in [1.54, 1.807) is 0 Å². The molecule has 0 saturated carbocycles. The number of rotatable bonds is 9. The fourth-order valence-electron chi connectivity index (χ4n) is 2.67. The van der Waals surface area contributed by atoms with Gasteiger partial charge in [0, 0.05) is 30.2 Å². The molecule has 28 heavy (non-hydrogen) atoms. The Bertz CT molecular complexity index is 883. The van der Waals surface area contributed by atoms with Crippen LogP contribution in [-0.2, 0) is 17.9 Å². The molecular formula is C23H23ClN2O2. The number of carbonyl (C=O) groups is 1. The van der Waals surface area contributed by atoms with Crippen LogP contribution in [0.4, 0.5) is 5.69 Å². The van der Waals surface area contributed by atoms with Gasteiger partial charge in [0.05, 0.1) is 0 Å². The molecule has 2 N–H and O–H groups in total. The van der Waals surface area contributed by atoms with Crippen molar-refractivity contribution in [3.05, 3.63) is 95.0 Å². The first-order chi connectivity index (χ1) is 13.7. The van der Waals surface area contributed by atoms with Crippen LogP contribution in [0.15, 0.2) is 78.9 Å². The van der Waals surface area contributed by atoms with E-state index >= 15 is 0 Å². The largest absolute Gasteiger partial charge is 0.489 e. The lowest BCUT2D eigenvalue weighted by Crippen LogP contribution is -2.21. The molecule has 0 aliphatic carbocycles. The van der Waals surface area contributed by atoms with Crippen LogP contribution in [0.3, 0.4) is 0 Å². The van der Waals surface area contributed by atoms with Crippen molar-refractivity contribution in [3.63, 3.8) is 0 Å². The van der Waals surface area contributed by atoms with Crippen molar-refractivity contribution in [3.8, 4) is 5.75 Å². The standard InChI is InChI=1S/C23H23ClN2O2/c24-22-9-5-4-8-19(22)16-25-15-14-23(27)26-20-10-12-21(13-11-20)28-17-18-6-2-1-3-7-18/h1-13,25H,14-17H2,(H,26,27). The van der Waals surface area contributed by atoms with Crippen molar-refractivity contribution in [1.82, 2.24) is 5.32 Å². The van der Waals surface area contributed by atoms with E-state index in [4.69, 9.17) is 16.3 Å². The normalized spacial score (nSPS) is 10.5. The molecule has 0 radical (unpaired) electrons. The Labute approximate surface area is 170 Å². The van der Waals surface area contributed by atoms with Crippen LogP contribution in [0.1, 0.15) is 17.5 Å². The summed E-state index contributed by atoms with van der Waals surface area (Å²) >= 11 is 6.11. The van der Waals surface area contributed by atoms with Gasteiger partial charge in [-0.3, -0.25) is 4.79 Å². The van der Waals surface area contributed by atoms with E-state index in [1.165, 1.54) is 0 Å². The van der Waals surface area contributed by atoms with Crippen LogP contribution in [-0.4, -0.2) is 12.5 Å². The van der Waals surface area contributed by atoms with Crippen molar-refractivity contribution in [2.24, 2.45) is 0 Å². The second kappa shape index (κ2) is 10.5. The van der Waals surface area contributed by atoms with Crippen LogP contribution in [0.25, 0.3) is 0 Å². The topological polar surface area (TPSA) is 50.4 Å². The number of hydrogen-bond donors (Lipinski definition) is 2. The third-order valence-electron chi connectivity index (χ3n) is 4.19. The molecule has 0 unspecified atom stereocenters. The van der Waals surface area contributed by atoms with Gasteiger partial charge in [0.25, 0.3) is 0 Å². The van der Waals surface area contributed by atoms with Crippen LogP contribution in [0, 0.1) is 0 Å². The van der Waals surface area contributed by atoms with Crippen LogP contribution in [0.5, 0.6) is 5.75 Å². The number of amides is 1. The minimum Gasteiger partial charge on any atom is -0.489 e. The Morgan fingerprint density at radius 3 is 2.36 bits per heavy atom. The number of anilines is 1. The summed E-state index contributed by atoms with van der Waals surface area (Å²) in [6.45, 7) is 1.74. The van der Waals surface area contributed by atoms with Gasteiger partial charge in [-0.15, -0.1) is 0 Å². The smallest absolute Gasteiger partial charge is 0.225 e. The molecule has 0 bridgehead atoms. The van der Waals surface area contributed by atoms with Gasteiger partial charge in [0.1, 0.15) is 12.4 Å². The van der Waals surface area contributed by atoms with Gasteiger partial charge in [-0.25, -0.2) is 0 Å². The highest BCUT2D eigenvalue weighted by Crippen LogP contribution is 2.17. The van der Waals surface area contributed by atoms with E-state index in [1.807, 2.05) is 78.9 Å². The minimum atomic E-state index is -0.0374. The van der Waals surface area contributed by atoms with E-state index in [2.05, 4.69) is 10.6 Å². The summed E-state index contributed by atoms with van der Waals surface area (Å²) in [5.41, 5.74) is 2.89. The summed E-state index contributed by atoms with van der Waals surface area (Å²) in [5, 5.41) is 6.86. The highest BCUT2D eigenvalue weighted by atomic mass is 35.5. The van der Waals surface area contributed by atoms with Crippen LogP contribution in [0.2, 0.25) is 5.02 Å². The van der Waals surface area contributed by atoms with E-state index < -0.39 is 0 Å². The predicted molar refractivity (Wildman–Crippen MR) is 114 cm³/mol. The van der Waals surface area contributed by atoms with Gasteiger partial charge in [-0.05, 0) is 41.5 Å². The fraction of sp³-hybridized carbons (Fsp3) is 0.174. The summed E-state index contributed by atoms with van der Waals surface area (Å²) in [4.78, 5) is 12.1. The number of hydrogen-bond acceptors (Lipinski definition) is 3. The molecule has 3 rings (SSSR count). The van der Waals surface area contributed by atoms with Gasteiger partial charge < -0.3 is 15.4 Å². The second-order valence-electron chi connectivity index (χ2n) is 6.37. The minimum absolute atomic E-state index is 0.0374. The molecule has 3 aromatic carbocycles. The van der Waals surface area contributed by atoms with Gasteiger partial charge in [0.2, 0.25) is 5.91 Å². The maximum atomic E-state index is 12.1. The molecule has 0 aromatic heterocycles. The third-order valence-corrected chi connectivity index (χ3v) is 4.56. The Hall–Kier alpha value is -2.82. The first-order valence-electron chi connectivity index (χ1n) is 9.21. The van der Waals surface area contributed by atoms with Crippen LogP contribution < -0.4 is 15.4 Å².